The van der Waals surface area contributed by atoms with Crippen LogP contribution < -0.4 is 0 Å². The van der Waals surface area contributed by atoms with E-state index in [9.17, 15) is 5.48 Å². The smallest absolute Gasteiger partial charge is 0.143 e. The first kappa shape index (κ1) is 58.0. The molecule has 27 aromatic carbocycles. The standard InChI is InChI=1S/3C46H28O/c1-3-17-33-29(12-1)14-10-24-36(33)44-39-21-7-5-19-37(39)43(38-20-6-8-22-40(38)44)32-16-9-15-31(28-32)34-23-11-25-42-45(34)41-27-26-30-13-2-4-18-35(30)46(41)47-42;1-2-13-31-27-34(24-23-29(31)11-1)44-39-19-7-5-17-37(39)43(38-18-6-8-20-40(38)44)33-15-9-14-32(28-33)35-21-10-22-42-45(35)41-26-25-30-12-3-4-16-36(30)46(41)47-42;1-2-14-31-28-32(25-24-29(31)12-1)43-37-18-7-9-20-39(37)44(40-21-10-8-19-38(40)43)35-17-6-5-16-34(35)36-22-11-23-42-45(36)41-27-26-30-13-3-4-15-33(30)46(41)47-42/h3*1-28H/i2D,4D,11D,13D,18D,23D,25D,26D,27D;3D,4D,10D,12D,16D,21D,22D,25D,26D;3D,4D,11D,13D,15D,22D,23D,26D,27D. The van der Waals surface area contributed by atoms with Gasteiger partial charge in [-0.2, -0.15) is 0 Å². The maximum atomic E-state index is 9.41. The van der Waals surface area contributed by atoms with Crippen molar-refractivity contribution in [2.75, 3.05) is 0 Å². The molecule has 0 spiro atoms. The summed E-state index contributed by atoms with van der Waals surface area (Å²) in [4.78, 5) is 0. The fourth-order valence-electron chi connectivity index (χ4n) is 21.5. The van der Waals surface area contributed by atoms with E-state index in [1.54, 1.807) is 0 Å². The molecule has 0 atom stereocenters. The van der Waals surface area contributed by atoms with Crippen LogP contribution in [0, 0.1) is 0 Å². The van der Waals surface area contributed by atoms with Crippen molar-refractivity contribution in [1.29, 1.82) is 0 Å². The van der Waals surface area contributed by atoms with E-state index in [0.29, 0.717) is 16.7 Å². The lowest BCUT2D eigenvalue weighted by molar-refractivity contribution is 0.672. The summed E-state index contributed by atoms with van der Waals surface area (Å²) in [6, 6.07) is 106. The number of furan rings is 3. The topological polar surface area (TPSA) is 39.4 Å². The molecule has 30 rings (SSSR count). The van der Waals surface area contributed by atoms with Crippen molar-refractivity contribution in [3.8, 4) is 100 Å². The van der Waals surface area contributed by atoms with Gasteiger partial charge in [0.05, 0.1) is 37.0 Å². The largest absolute Gasteiger partial charge is 0.455 e. The lowest BCUT2D eigenvalue weighted by Gasteiger charge is -2.20. The van der Waals surface area contributed by atoms with Crippen molar-refractivity contribution < 1.29 is 50.3 Å². The SMILES string of the molecule is [2H]c1c([2H])c(-c2cccc(-c3c4ccccc4c(-c4ccc5ccccc5c4)c4ccccc34)c2)c2c(oc3c4c([2H])c([2H])c([2H])c([2H])c4c([2H])c([2H])c32)c1[2H].[2H]c1c([2H])c(-c2cccc(-c3c4ccccc4c(-c4cccc5ccccc45)c4ccccc34)c2)c2c(oc3c4c([2H])c([2H])c([2H])c([2H])c4c([2H])c([2H])c32)c1[2H].[2H]c1c([2H])c(-c2ccccc2-c2c3ccccc3c(-c3ccc4ccccc4c3)c3ccccc23)c2c(oc3c4c([2H])c([2H])c([2H])c([2H])c4c([2H])c([2H])c32)c1[2H]. The Morgan fingerprint density at radius 3 is 0.801 bits per heavy atom. The van der Waals surface area contributed by atoms with Crippen molar-refractivity contribution in [2.45, 2.75) is 0 Å². The van der Waals surface area contributed by atoms with E-state index in [4.69, 9.17) is 44.8 Å². The molecular weight excluding hydrogens is 1710 g/mol. The second-order valence-corrected chi connectivity index (χ2v) is 35.2. The Kier molecular flexibility index (Phi) is 13.7. The van der Waals surface area contributed by atoms with E-state index in [-0.39, 0.29) is 163 Å². The van der Waals surface area contributed by atoms with Gasteiger partial charge in [0.2, 0.25) is 0 Å². The Morgan fingerprint density at radius 2 is 0.411 bits per heavy atom. The minimum absolute atomic E-state index is 0.0516. The fourth-order valence-corrected chi connectivity index (χ4v) is 21.5. The summed E-state index contributed by atoms with van der Waals surface area (Å²) in [6.07, 6.45) is 0. The van der Waals surface area contributed by atoms with E-state index < -0.39 is 115 Å². The van der Waals surface area contributed by atoms with Crippen molar-refractivity contribution in [3.05, 3.63) is 509 Å². The zero-order valence-corrected chi connectivity index (χ0v) is 74.6. The molecule has 0 aliphatic rings. The number of fused-ring (bicyclic) bond motifs is 24. The number of hydrogen-bond acceptors (Lipinski definition) is 3. The third-order valence-corrected chi connectivity index (χ3v) is 27.5. The van der Waals surface area contributed by atoms with Gasteiger partial charge >= 0.3 is 0 Å². The first-order chi connectivity index (χ1) is 81.2. The van der Waals surface area contributed by atoms with Gasteiger partial charge in [-0.15, -0.1) is 0 Å². The van der Waals surface area contributed by atoms with Gasteiger partial charge < -0.3 is 13.3 Å². The van der Waals surface area contributed by atoms with E-state index in [1.807, 2.05) is 176 Å². The number of rotatable bonds is 9. The van der Waals surface area contributed by atoms with Crippen LogP contribution in [-0.4, -0.2) is 0 Å². The Balaban J connectivity index is 0.000000117. The molecule has 0 saturated carbocycles. The van der Waals surface area contributed by atoms with E-state index in [1.165, 1.54) is 0 Å². The molecule has 0 fully saturated rings. The monoisotopic (exact) mass is 1820 g/mol. The van der Waals surface area contributed by atoms with Crippen LogP contribution in [0.2, 0.25) is 0 Å². The Labute approximate surface area is 850 Å². The Morgan fingerprint density at radius 1 is 0.135 bits per heavy atom. The fraction of sp³-hybridized carbons (Fsp3) is 0. The van der Waals surface area contributed by atoms with Crippen LogP contribution in [0.5, 0.6) is 0 Å². The normalized spacial score (nSPS) is 14.5. The Hall–Kier alpha value is -18.5. The molecule has 141 heavy (non-hydrogen) atoms. The van der Waals surface area contributed by atoms with Crippen molar-refractivity contribution in [2.24, 2.45) is 0 Å². The third-order valence-electron chi connectivity index (χ3n) is 27.5. The summed E-state index contributed by atoms with van der Waals surface area (Å²) in [5, 5.41) is 19.2. The van der Waals surface area contributed by atoms with Crippen LogP contribution in [-0.2, 0) is 0 Å². The summed E-state index contributed by atoms with van der Waals surface area (Å²) in [5.74, 6) is 0. The maximum Gasteiger partial charge on any atom is 0.143 e. The molecule has 3 aromatic heterocycles. The van der Waals surface area contributed by atoms with Gasteiger partial charge in [-0.05, 0) is 274 Å². The molecule has 654 valence electrons. The number of benzene rings is 27. The van der Waals surface area contributed by atoms with Gasteiger partial charge in [-0.1, -0.05) is 448 Å². The minimum atomic E-state index is -0.533. The summed E-state index contributed by atoms with van der Waals surface area (Å²) < 4.78 is 256. The average molecular weight is 1820 g/mol. The molecule has 0 radical (unpaired) electrons. The summed E-state index contributed by atoms with van der Waals surface area (Å²) in [6.45, 7) is 0. The lowest BCUT2D eigenvalue weighted by atomic mass is 9.83. The van der Waals surface area contributed by atoms with Crippen LogP contribution in [0.3, 0.4) is 0 Å². The van der Waals surface area contributed by atoms with Crippen LogP contribution in [0.4, 0.5) is 0 Å². The molecule has 30 aromatic rings. The van der Waals surface area contributed by atoms with Crippen LogP contribution in [0.1, 0.15) is 37.0 Å². The zero-order valence-electron chi connectivity index (χ0n) is 102. The highest BCUT2D eigenvalue weighted by atomic mass is 16.3. The van der Waals surface area contributed by atoms with Crippen molar-refractivity contribution >= 4 is 195 Å². The number of hydrogen-bond donors (Lipinski definition) is 0. The van der Waals surface area contributed by atoms with E-state index in [0.717, 1.165) is 164 Å². The predicted molar refractivity (Wildman–Crippen MR) is 600 cm³/mol. The molecule has 3 heterocycles. The maximum absolute atomic E-state index is 9.41. The molecule has 0 aliphatic carbocycles. The summed E-state index contributed by atoms with van der Waals surface area (Å²) in [5.41, 5.74) is 13.6. The van der Waals surface area contributed by atoms with Crippen LogP contribution >= 0.6 is 0 Å². The molecule has 3 nitrogen and oxygen atoms in total. The van der Waals surface area contributed by atoms with Gasteiger partial charge in [0.25, 0.3) is 0 Å². The quantitative estimate of drug-likeness (QED) is 0.135. The molecule has 0 unspecified atom stereocenters. The van der Waals surface area contributed by atoms with Crippen molar-refractivity contribution in [1.82, 2.24) is 0 Å². The minimum Gasteiger partial charge on any atom is -0.455 e. The van der Waals surface area contributed by atoms with Crippen LogP contribution in [0.25, 0.3) is 295 Å². The average Bonchev–Trinajstić information content (AvgIpc) is 1.61. The van der Waals surface area contributed by atoms with Gasteiger partial charge in [-0.3, -0.25) is 0 Å². The van der Waals surface area contributed by atoms with Crippen LogP contribution in [0.15, 0.2) is 522 Å². The lowest BCUT2D eigenvalue weighted by Crippen LogP contribution is -1.93. The molecule has 0 N–H and O–H groups in total. The second-order valence-electron chi connectivity index (χ2n) is 35.2. The van der Waals surface area contributed by atoms with E-state index >= 15 is 0 Å². The molecule has 0 bridgehead atoms. The molecular formula is C138H84O3. The summed E-state index contributed by atoms with van der Waals surface area (Å²) in [7, 11) is 0. The molecule has 0 saturated heterocycles. The predicted octanol–water partition coefficient (Wildman–Crippen LogP) is 39.6. The third kappa shape index (κ3) is 13.3. The highest BCUT2D eigenvalue weighted by molar-refractivity contribution is 6.29. The Bertz CT molecular complexity index is 12000. The highest BCUT2D eigenvalue weighted by Crippen LogP contribution is 2.54. The van der Waals surface area contributed by atoms with Crippen molar-refractivity contribution in [3.63, 3.8) is 0 Å². The van der Waals surface area contributed by atoms with Gasteiger partial charge in [0.1, 0.15) is 33.5 Å². The molecule has 0 aliphatic heterocycles. The first-order valence-electron chi connectivity index (χ1n) is 59.9. The first-order valence-corrected chi connectivity index (χ1v) is 46.4. The second kappa shape index (κ2) is 33.2. The van der Waals surface area contributed by atoms with Gasteiger partial charge in [0.15, 0.2) is 0 Å². The van der Waals surface area contributed by atoms with Gasteiger partial charge in [0, 0.05) is 48.5 Å². The van der Waals surface area contributed by atoms with Gasteiger partial charge in [-0.25, -0.2) is 0 Å². The zero-order chi connectivity index (χ0) is 116. The molecule has 0 amide bonds. The summed E-state index contributed by atoms with van der Waals surface area (Å²) >= 11 is 0. The highest BCUT2D eigenvalue weighted by Gasteiger charge is 2.27. The van der Waals surface area contributed by atoms with E-state index in [2.05, 4.69) is 170 Å². The molecule has 3 heteroatoms.